The number of hydrogen-bond acceptors (Lipinski definition) is 4. The zero-order valence-electron chi connectivity index (χ0n) is 14.8. The molecule has 0 unspecified atom stereocenters. The molecular weight excluding hydrogens is 340 g/mol. The van der Waals surface area contributed by atoms with Gasteiger partial charge in [-0.1, -0.05) is 12.8 Å². The topological polar surface area (TPSA) is 75.7 Å². The molecule has 7 heteroatoms. The van der Waals surface area contributed by atoms with E-state index in [-0.39, 0.29) is 16.8 Å². The van der Waals surface area contributed by atoms with E-state index in [4.69, 9.17) is 4.74 Å². The summed E-state index contributed by atoms with van der Waals surface area (Å²) >= 11 is 0. The number of hydrogen-bond donors (Lipinski definition) is 1. The first-order valence-electron chi connectivity index (χ1n) is 8.91. The van der Waals surface area contributed by atoms with Crippen molar-refractivity contribution in [3.63, 3.8) is 0 Å². The molecular formula is C18H26N2O4S. The molecule has 2 fully saturated rings. The summed E-state index contributed by atoms with van der Waals surface area (Å²) in [5, 5.41) is 2.65. The Hall–Kier alpha value is -1.60. The van der Waals surface area contributed by atoms with Gasteiger partial charge < -0.3 is 10.1 Å². The van der Waals surface area contributed by atoms with Crippen molar-refractivity contribution >= 4 is 21.6 Å². The predicted octanol–water partition coefficient (Wildman–Crippen LogP) is 3.00. The Morgan fingerprint density at radius 2 is 1.92 bits per heavy atom. The Bertz CT molecular complexity index is 745. The molecule has 1 aliphatic carbocycles. The van der Waals surface area contributed by atoms with E-state index in [0.29, 0.717) is 23.9 Å². The molecule has 2 atom stereocenters. The van der Waals surface area contributed by atoms with Crippen molar-refractivity contribution in [3.8, 4) is 5.75 Å². The third-order valence-corrected chi connectivity index (χ3v) is 7.21. The van der Waals surface area contributed by atoms with Gasteiger partial charge in [0.25, 0.3) is 0 Å². The first-order chi connectivity index (χ1) is 11.9. The summed E-state index contributed by atoms with van der Waals surface area (Å²) in [7, 11) is -2.21. The number of amides is 1. The van der Waals surface area contributed by atoms with Crippen LogP contribution < -0.4 is 10.1 Å². The number of methoxy groups -OCH3 is 1. The summed E-state index contributed by atoms with van der Waals surface area (Å²) in [5.41, 5.74) is 0.462. The van der Waals surface area contributed by atoms with Crippen LogP contribution in [-0.2, 0) is 14.8 Å². The fourth-order valence-corrected chi connectivity index (χ4v) is 6.10. The molecule has 25 heavy (non-hydrogen) atoms. The number of nitrogens with one attached hydrogen (secondary N) is 1. The number of benzene rings is 1. The smallest absolute Gasteiger partial charge is 0.247 e. The van der Waals surface area contributed by atoms with Crippen LogP contribution >= 0.6 is 0 Å². The van der Waals surface area contributed by atoms with Crippen molar-refractivity contribution in [2.24, 2.45) is 5.92 Å². The van der Waals surface area contributed by atoms with Gasteiger partial charge in [-0.3, -0.25) is 4.79 Å². The van der Waals surface area contributed by atoms with Crippen LogP contribution in [0.3, 0.4) is 0 Å². The van der Waals surface area contributed by atoms with Gasteiger partial charge in [0.05, 0.1) is 7.11 Å². The van der Waals surface area contributed by atoms with E-state index >= 15 is 0 Å². The summed E-state index contributed by atoms with van der Waals surface area (Å²) in [5.74, 6) is 0.535. The van der Waals surface area contributed by atoms with Crippen molar-refractivity contribution in [3.05, 3.63) is 18.2 Å². The average molecular weight is 366 g/mol. The van der Waals surface area contributed by atoms with Crippen molar-refractivity contribution in [2.75, 3.05) is 19.0 Å². The summed E-state index contributed by atoms with van der Waals surface area (Å²) in [6, 6.07) is 4.84. The fourth-order valence-electron chi connectivity index (χ4n) is 4.16. The van der Waals surface area contributed by atoms with E-state index in [1.807, 2.05) is 0 Å². The number of carbonyl (C=O) groups excluding carboxylic acids is 1. The molecule has 1 aromatic rings. The highest BCUT2D eigenvalue weighted by molar-refractivity contribution is 7.89. The van der Waals surface area contributed by atoms with Crippen LogP contribution in [0.5, 0.6) is 5.75 Å². The molecule has 1 amide bonds. The lowest BCUT2D eigenvalue weighted by Gasteiger charge is -2.43. The molecule has 0 bridgehead atoms. The number of piperidine rings is 1. The third-order valence-electron chi connectivity index (χ3n) is 5.26. The van der Waals surface area contributed by atoms with Crippen LogP contribution in [-0.4, -0.2) is 38.3 Å². The number of fused-ring (bicyclic) bond motifs is 1. The maximum atomic E-state index is 13.4. The molecule has 2 aliphatic rings. The lowest BCUT2D eigenvalue weighted by Crippen LogP contribution is -2.49. The van der Waals surface area contributed by atoms with Crippen LogP contribution in [0.2, 0.25) is 0 Å². The molecule has 138 valence electrons. The molecule has 1 heterocycles. The second-order valence-electron chi connectivity index (χ2n) is 6.92. The molecule has 0 aromatic heterocycles. The minimum atomic E-state index is -3.68. The van der Waals surface area contributed by atoms with Crippen LogP contribution in [0.25, 0.3) is 0 Å². The van der Waals surface area contributed by atoms with Gasteiger partial charge in [-0.25, -0.2) is 8.42 Å². The maximum Gasteiger partial charge on any atom is 0.247 e. The number of rotatable bonds is 4. The second-order valence-corrected chi connectivity index (χ2v) is 8.78. The van der Waals surface area contributed by atoms with Gasteiger partial charge in [-0.15, -0.1) is 0 Å². The van der Waals surface area contributed by atoms with Crippen LogP contribution in [0.4, 0.5) is 5.69 Å². The fraction of sp³-hybridized carbons (Fsp3) is 0.611. The van der Waals surface area contributed by atoms with Crippen LogP contribution in [0.15, 0.2) is 23.1 Å². The normalized spacial score (nSPS) is 24.4. The second kappa shape index (κ2) is 7.33. The van der Waals surface area contributed by atoms with Crippen molar-refractivity contribution < 1.29 is 17.9 Å². The number of carbonyl (C=O) groups is 1. The molecule has 1 saturated heterocycles. The van der Waals surface area contributed by atoms with Gasteiger partial charge in [0.15, 0.2) is 0 Å². The van der Waals surface area contributed by atoms with E-state index in [9.17, 15) is 13.2 Å². The van der Waals surface area contributed by atoms with Crippen LogP contribution in [0, 0.1) is 5.92 Å². The highest BCUT2D eigenvalue weighted by Crippen LogP contribution is 2.40. The standard InChI is InChI=1S/C18H26N2O4S/c1-13(21)19-15-9-10-17(24-2)18(12-15)25(22,23)20-11-5-7-14-6-3-4-8-16(14)20/h9-10,12,14,16H,3-8,11H2,1-2H3,(H,19,21)/t14-,16+/m1/s1. The van der Waals surface area contributed by atoms with E-state index in [0.717, 1.165) is 32.1 Å². The molecule has 0 spiro atoms. The zero-order chi connectivity index (χ0) is 18.0. The van der Waals surface area contributed by atoms with Crippen molar-refractivity contribution in [2.45, 2.75) is 56.4 Å². The molecule has 1 saturated carbocycles. The Labute approximate surface area is 149 Å². The van der Waals surface area contributed by atoms with Gasteiger partial charge in [-0.2, -0.15) is 4.31 Å². The zero-order valence-corrected chi connectivity index (χ0v) is 15.6. The number of sulfonamides is 1. The van der Waals surface area contributed by atoms with Gasteiger partial charge in [0, 0.05) is 25.2 Å². The van der Waals surface area contributed by atoms with E-state index in [1.54, 1.807) is 16.4 Å². The molecule has 1 N–H and O–H groups in total. The summed E-state index contributed by atoms with van der Waals surface area (Å²) in [6.45, 7) is 1.95. The number of nitrogens with zero attached hydrogens (tertiary/aromatic N) is 1. The largest absolute Gasteiger partial charge is 0.495 e. The van der Waals surface area contributed by atoms with E-state index in [1.165, 1.54) is 26.5 Å². The van der Waals surface area contributed by atoms with Crippen LogP contribution in [0.1, 0.15) is 45.4 Å². The van der Waals surface area contributed by atoms with E-state index < -0.39 is 10.0 Å². The highest BCUT2D eigenvalue weighted by Gasteiger charge is 2.41. The van der Waals surface area contributed by atoms with Gasteiger partial charge in [-0.05, 0) is 49.8 Å². The summed E-state index contributed by atoms with van der Waals surface area (Å²) in [4.78, 5) is 11.4. The van der Waals surface area contributed by atoms with Crippen molar-refractivity contribution in [1.82, 2.24) is 4.31 Å². The molecule has 0 radical (unpaired) electrons. The third kappa shape index (κ3) is 3.67. The predicted molar refractivity (Wildman–Crippen MR) is 96.2 cm³/mol. The van der Waals surface area contributed by atoms with E-state index in [2.05, 4.69) is 5.32 Å². The Balaban J connectivity index is 1.99. The Kier molecular flexibility index (Phi) is 5.34. The van der Waals surface area contributed by atoms with Gasteiger partial charge in [0.2, 0.25) is 15.9 Å². The SMILES string of the molecule is COc1ccc(NC(C)=O)cc1S(=O)(=O)N1CCC[C@H]2CCCC[C@@H]21. The molecule has 3 rings (SSSR count). The number of ether oxygens (including phenoxy) is 1. The Morgan fingerprint density at radius 1 is 1.20 bits per heavy atom. The Morgan fingerprint density at radius 3 is 2.64 bits per heavy atom. The lowest BCUT2D eigenvalue weighted by molar-refractivity contribution is -0.114. The average Bonchev–Trinajstić information content (AvgIpc) is 2.60. The minimum absolute atomic E-state index is 0.0848. The van der Waals surface area contributed by atoms with Crippen molar-refractivity contribution in [1.29, 1.82) is 0 Å². The monoisotopic (exact) mass is 366 g/mol. The molecule has 6 nitrogen and oxygen atoms in total. The maximum absolute atomic E-state index is 13.4. The quantitative estimate of drug-likeness (QED) is 0.889. The number of anilines is 1. The lowest BCUT2D eigenvalue weighted by atomic mass is 9.79. The summed E-state index contributed by atoms with van der Waals surface area (Å²) < 4.78 is 33.8. The highest BCUT2D eigenvalue weighted by atomic mass is 32.2. The minimum Gasteiger partial charge on any atom is -0.495 e. The first kappa shape index (κ1) is 18.2. The summed E-state index contributed by atoms with van der Waals surface area (Å²) in [6.07, 6.45) is 6.32. The first-order valence-corrected chi connectivity index (χ1v) is 10.3. The molecule has 1 aromatic carbocycles. The van der Waals surface area contributed by atoms with Gasteiger partial charge >= 0.3 is 0 Å². The van der Waals surface area contributed by atoms with Gasteiger partial charge in [0.1, 0.15) is 10.6 Å². The molecule has 1 aliphatic heterocycles.